The summed E-state index contributed by atoms with van der Waals surface area (Å²) in [6, 6.07) is 5.43. The number of nitriles is 1. The summed E-state index contributed by atoms with van der Waals surface area (Å²) < 4.78 is 12.8. The van der Waals surface area contributed by atoms with Crippen LogP contribution in [0.5, 0.6) is 0 Å². The van der Waals surface area contributed by atoms with Gasteiger partial charge in [-0.3, -0.25) is 4.79 Å². The lowest BCUT2D eigenvalue weighted by Gasteiger charge is -2.07. The van der Waals surface area contributed by atoms with Crippen molar-refractivity contribution < 1.29 is 9.18 Å². The minimum Gasteiger partial charge on any atom is -0.298 e. The van der Waals surface area contributed by atoms with Gasteiger partial charge in [0.25, 0.3) is 0 Å². The molecular weight excluding hydrogens is 205 g/mol. The third-order valence-electron chi connectivity index (χ3n) is 1.76. The fraction of sp³-hybridized carbons (Fsp3) is 0.200. The minimum atomic E-state index is -0.958. The van der Waals surface area contributed by atoms with E-state index in [0.29, 0.717) is 0 Å². The van der Waals surface area contributed by atoms with Crippen molar-refractivity contribution in [1.82, 2.24) is 0 Å². The number of benzene rings is 1. The first-order chi connectivity index (χ1) is 6.56. The molecule has 0 aliphatic carbocycles. The zero-order chi connectivity index (χ0) is 10.7. The second-order valence-corrected chi connectivity index (χ2v) is 3.25. The Labute approximate surface area is 85.9 Å². The topological polar surface area (TPSA) is 40.9 Å². The van der Waals surface area contributed by atoms with Crippen LogP contribution < -0.4 is 0 Å². The van der Waals surface area contributed by atoms with Gasteiger partial charge in [-0.15, -0.1) is 11.6 Å². The van der Waals surface area contributed by atoms with Crippen LogP contribution in [0.25, 0.3) is 0 Å². The second kappa shape index (κ2) is 4.21. The molecule has 1 atom stereocenters. The third kappa shape index (κ3) is 2.09. The summed E-state index contributed by atoms with van der Waals surface area (Å²) in [5, 5.41) is 7.74. The van der Waals surface area contributed by atoms with Crippen molar-refractivity contribution in [3.05, 3.63) is 35.1 Å². The first-order valence-electron chi connectivity index (χ1n) is 3.90. The molecule has 1 unspecified atom stereocenters. The van der Waals surface area contributed by atoms with Crippen LogP contribution in [0.3, 0.4) is 0 Å². The van der Waals surface area contributed by atoms with Crippen molar-refractivity contribution >= 4 is 17.4 Å². The van der Waals surface area contributed by atoms with Crippen molar-refractivity contribution in [1.29, 1.82) is 5.26 Å². The Morgan fingerprint density at radius 1 is 1.64 bits per heavy atom. The highest BCUT2D eigenvalue weighted by Gasteiger charge is 2.17. The maximum Gasteiger partial charge on any atom is 0.152 e. The number of Topliss-reactive ketones (excluding diaryl/α,β-unsaturated/α-hetero) is 1. The van der Waals surface area contributed by atoms with Crippen LogP contribution in [0.15, 0.2) is 18.2 Å². The molecule has 0 spiro atoms. The van der Waals surface area contributed by atoms with Gasteiger partial charge in [0.2, 0.25) is 0 Å². The predicted octanol–water partition coefficient (Wildman–Crippen LogP) is 2.57. The Morgan fingerprint density at radius 2 is 2.29 bits per heavy atom. The van der Waals surface area contributed by atoms with E-state index in [9.17, 15) is 9.18 Å². The summed E-state index contributed by atoms with van der Waals surface area (Å²) in [5.41, 5.74) is 0.447. The summed E-state index contributed by atoms with van der Waals surface area (Å²) in [6.07, 6.45) is 0. The van der Waals surface area contributed by atoms with Gasteiger partial charge in [0.1, 0.15) is 11.2 Å². The van der Waals surface area contributed by atoms with E-state index in [-0.39, 0.29) is 16.9 Å². The van der Waals surface area contributed by atoms with Crippen LogP contribution in [0.4, 0.5) is 4.39 Å². The molecule has 0 amide bonds. The van der Waals surface area contributed by atoms with Gasteiger partial charge < -0.3 is 0 Å². The number of ketones is 1. The van der Waals surface area contributed by atoms with E-state index in [1.54, 1.807) is 0 Å². The molecule has 0 heterocycles. The van der Waals surface area contributed by atoms with E-state index in [1.165, 1.54) is 13.0 Å². The molecular formula is C10H7ClFNO. The summed E-state index contributed by atoms with van der Waals surface area (Å²) in [7, 11) is 0. The van der Waals surface area contributed by atoms with Gasteiger partial charge in [-0.2, -0.15) is 5.26 Å². The molecule has 0 N–H and O–H groups in total. The van der Waals surface area contributed by atoms with Crippen molar-refractivity contribution in [3.8, 4) is 6.07 Å². The first kappa shape index (κ1) is 10.7. The number of hydrogen-bond acceptors (Lipinski definition) is 2. The standard InChI is InChI=1S/C10H7ClFNO/c1-6(14)10(11)9-4-8(12)3-2-7(9)5-13/h2-4,10H,1H3. The Kier molecular flexibility index (Phi) is 3.21. The smallest absolute Gasteiger partial charge is 0.152 e. The number of rotatable bonds is 2. The van der Waals surface area contributed by atoms with Crippen LogP contribution >= 0.6 is 11.6 Å². The lowest BCUT2D eigenvalue weighted by molar-refractivity contribution is -0.116. The quantitative estimate of drug-likeness (QED) is 0.706. The third-order valence-corrected chi connectivity index (χ3v) is 2.31. The second-order valence-electron chi connectivity index (χ2n) is 2.82. The lowest BCUT2D eigenvalue weighted by atomic mass is 10.0. The fourth-order valence-corrected chi connectivity index (χ4v) is 1.24. The maximum absolute atomic E-state index is 12.8. The molecule has 0 aliphatic rings. The van der Waals surface area contributed by atoms with Crippen LogP contribution in [0.2, 0.25) is 0 Å². The van der Waals surface area contributed by atoms with E-state index in [0.717, 1.165) is 12.1 Å². The van der Waals surface area contributed by atoms with Gasteiger partial charge in [0.05, 0.1) is 11.6 Å². The molecule has 1 rings (SSSR count). The SMILES string of the molecule is CC(=O)C(Cl)c1cc(F)ccc1C#N. The van der Waals surface area contributed by atoms with E-state index in [1.807, 2.05) is 6.07 Å². The molecule has 0 aromatic heterocycles. The van der Waals surface area contributed by atoms with Gasteiger partial charge in [-0.1, -0.05) is 0 Å². The number of alkyl halides is 1. The van der Waals surface area contributed by atoms with E-state index >= 15 is 0 Å². The Morgan fingerprint density at radius 3 is 2.79 bits per heavy atom. The van der Waals surface area contributed by atoms with Crippen LogP contribution in [-0.4, -0.2) is 5.78 Å². The molecule has 1 aromatic carbocycles. The highest BCUT2D eigenvalue weighted by molar-refractivity contribution is 6.31. The molecule has 0 bridgehead atoms. The number of halogens is 2. The zero-order valence-electron chi connectivity index (χ0n) is 7.42. The molecule has 0 radical (unpaired) electrons. The van der Waals surface area contributed by atoms with Crippen molar-refractivity contribution in [3.63, 3.8) is 0 Å². The van der Waals surface area contributed by atoms with Gasteiger partial charge in [0.15, 0.2) is 5.78 Å². The van der Waals surface area contributed by atoms with Crippen LogP contribution in [0, 0.1) is 17.1 Å². The van der Waals surface area contributed by atoms with Gasteiger partial charge in [-0.05, 0) is 30.7 Å². The molecule has 14 heavy (non-hydrogen) atoms. The maximum atomic E-state index is 12.8. The van der Waals surface area contributed by atoms with Gasteiger partial charge >= 0.3 is 0 Å². The monoisotopic (exact) mass is 211 g/mol. The molecule has 1 aromatic rings. The zero-order valence-corrected chi connectivity index (χ0v) is 8.18. The Balaban J connectivity index is 3.25. The average molecular weight is 212 g/mol. The molecule has 0 saturated heterocycles. The Bertz CT molecular complexity index is 411. The summed E-state index contributed by atoms with van der Waals surface area (Å²) in [4.78, 5) is 11.0. The van der Waals surface area contributed by atoms with Crippen LogP contribution in [0.1, 0.15) is 23.4 Å². The van der Waals surface area contributed by atoms with E-state index in [4.69, 9.17) is 16.9 Å². The normalized spacial score (nSPS) is 11.9. The molecule has 0 fully saturated rings. The molecule has 0 aliphatic heterocycles. The van der Waals surface area contributed by atoms with Gasteiger partial charge in [-0.25, -0.2) is 4.39 Å². The van der Waals surface area contributed by atoms with Crippen molar-refractivity contribution in [2.75, 3.05) is 0 Å². The summed E-state index contributed by atoms with van der Waals surface area (Å²) in [5.74, 6) is -0.820. The molecule has 0 saturated carbocycles. The minimum absolute atomic E-state index is 0.224. The number of carbonyl (C=O) groups excluding carboxylic acids is 1. The number of nitrogens with zero attached hydrogens (tertiary/aromatic N) is 1. The van der Waals surface area contributed by atoms with E-state index < -0.39 is 11.2 Å². The Hall–Kier alpha value is -1.40. The van der Waals surface area contributed by atoms with Crippen molar-refractivity contribution in [2.24, 2.45) is 0 Å². The summed E-state index contributed by atoms with van der Waals surface area (Å²) in [6.45, 7) is 1.30. The first-order valence-corrected chi connectivity index (χ1v) is 4.34. The average Bonchev–Trinajstić information content (AvgIpc) is 2.16. The fourth-order valence-electron chi connectivity index (χ4n) is 1.06. The highest BCUT2D eigenvalue weighted by atomic mass is 35.5. The largest absolute Gasteiger partial charge is 0.298 e. The predicted molar refractivity (Wildman–Crippen MR) is 50.4 cm³/mol. The molecule has 2 nitrogen and oxygen atoms in total. The summed E-state index contributed by atoms with van der Waals surface area (Å²) >= 11 is 5.73. The highest BCUT2D eigenvalue weighted by Crippen LogP contribution is 2.25. The van der Waals surface area contributed by atoms with Crippen LogP contribution in [-0.2, 0) is 4.79 Å². The lowest BCUT2D eigenvalue weighted by Crippen LogP contribution is -2.04. The molecule has 4 heteroatoms. The number of hydrogen-bond donors (Lipinski definition) is 0. The van der Waals surface area contributed by atoms with Gasteiger partial charge in [0, 0.05) is 0 Å². The molecule has 72 valence electrons. The van der Waals surface area contributed by atoms with Crippen molar-refractivity contribution in [2.45, 2.75) is 12.3 Å². The number of carbonyl (C=O) groups is 1. The van der Waals surface area contributed by atoms with E-state index in [2.05, 4.69) is 0 Å².